The zero-order chi connectivity index (χ0) is 19.9. The lowest BCUT2D eigenvalue weighted by Crippen LogP contribution is -2.49. The van der Waals surface area contributed by atoms with Crippen LogP contribution in [0, 0.1) is 5.92 Å². The Morgan fingerprint density at radius 3 is 3.04 bits per heavy atom. The van der Waals surface area contributed by atoms with Crippen LogP contribution in [0.2, 0.25) is 0 Å². The van der Waals surface area contributed by atoms with Gasteiger partial charge in [-0.05, 0) is 19.3 Å². The highest BCUT2D eigenvalue weighted by molar-refractivity contribution is 5.80. The third-order valence-corrected chi connectivity index (χ3v) is 4.96. The van der Waals surface area contributed by atoms with E-state index in [1.807, 2.05) is 18.7 Å². The summed E-state index contributed by atoms with van der Waals surface area (Å²) in [6.07, 6.45) is 8.53. The number of hydrogen-bond donors (Lipinski definition) is 1. The molecule has 0 aromatic carbocycles. The number of ether oxygens (including phenoxy) is 1. The van der Waals surface area contributed by atoms with E-state index in [2.05, 4.69) is 48.7 Å². The van der Waals surface area contributed by atoms with Gasteiger partial charge < -0.3 is 19.5 Å². The van der Waals surface area contributed by atoms with Crippen molar-refractivity contribution in [3.63, 3.8) is 0 Å². The van der Waals surface area contributed by atoms with Crippen LogP contribution in [-0.2, 0) is 22.6 Å². The maximum Gasteiger partial charge on any atom is 0.327 e. The molecule has 0 bridgehead atoms. The maximum absolute atomic E-state index is 11.3. The molecule has 1 saturated heterocycles. The van der Waals surface area contributed by atoms with Crippen molar-refractivity contribution in [1.29, 1.82) is 0 Å². The van der Waals surface area contributed by atoms with Crippen LogP contribution in [0.1, 0.15) is 32.0 Å². The number of piperidine rings is 1. The van der Waals surface area contributed by atoms with Gasteiger partial charge in [0, 0.05) is 32.0 Å². The molecule has 2 atom stereocenters. The predicted molar refractivity (Wildman–Crippen MR) is 103 cm³/mol. The van der Waals surface area contributed by atoms with Gasteiger partial charge in [-0.15, -0.1) is 5.10 Å². The zero-order valence-electron chi connectivity index (χ0n) is 16.7. The largest absolute Gasteiger partial charge is 0.468 e. The smallest absolute Gasteiger partial charge is 0.327 e. The van der Waals surface area contributed by atoms with E-state index in [-0.39, 0.29) is 12.5 Å². The SMILES string of the molecule is CCNC(=NCc1cn(CC(=O)OC)nn1)N1CCC(C)C(n2ccnc2)C1. The van der Waals surface area contributed by atoms with Crippen LogP contribution in [0.5, 0.6) is 0 Å². The number of nitrogens with zero attached hydrogens (tertiary/aromatic N) is 7. The first-order valence-corrected chi connectivity index (χ1v) is 9.57. The third kappa shape index (κ3) is 4.87. The lowest BCUT2D eigenvalue weighted by molar-refractivity contribution is -0.141. The fourth-order valence-corrected chi connectivity index (χ4v) is 3.36. The molecule has 28 heavy (non-hydrogen) atoms. The fourth-order valence-electron chi connectivity index (χ4n) is 3.36. The number of rotatable bonds is 6. The van der Waals surface area contributed by atoms with Gasteiger partial charge in [-0.1, -0.05) is 12.1 Å². The second kappa shape index (κ2) is 9.34. The van der Waals surface area contributed by atoms with Crippen LogP contribution >= 0.6 is 0 Å². The number of aliphatic imine (C=N–C) groups is 1. The summed E-state index contributed by atoms with van der Waals surface area (Å²) < 4.78 is 8.28. The zero-order valence-corrected chi connectivity index (χ0v) is 16.7. The van der Waals surface area contributed by atoms with E-state index in [0.717, 1.165) is 32.0 Å². The summed E-state index contributed by atoms with van der Waals surface area (Å²) in [6.45, 7) is 7.39. The topological polar surface area (TPSA) is 102 Å². The standard InChI is InChI=1S/C18H28N8O2/c1-4-20-18(21-9-15-10-26(23-22-15)12-17(27)28-3)24-7-5-14(2)16(11-24)25-8-6-19-13-25/h6,8,10,13-14,16H,4-5,7,9,11-12H2,1-3H3,(H,20,21). The summed E-state index contributed by atoms with van der Waals surface area (Å²) in [5.41, 5.74) is 0.704. The molecule has 3 heterocycles. The molecule has 0 saturated carbocycles. The Morgan fingerprint density at radius 2 is 2.32 bits per heavy atom. The number of guanidine groups is 1. The van der Waals surface area contributed by atoms with Crippen LogP contribution in [0.3, 0.4) is 0 Å². The first kappa shape index (κ1) is 19.8. The molecule has 2 aromatic rings. The van der Waals surface area contributed by atoms with Crippen LogP contribution in [0.15, 0.2) is 29.9 Å². The van der Waals surface area contributed by atoms with E-state index < -0.39 is 0 Å². The van der Waals surface area contributed by atoms with Gasteiger partial charge >= 0.3 is 5.97 Å². The molecule has 1 N–H and O–H groups in total. The summed E-state index contributed by atoms with van der Waals surface area (Å²) in [5.74, 6) is 1.08. The number of carbonyl (C=O) groups is 1. The van der Waals surface area contributed by atoms with Gasteiger partial charge in [0.1, 0.15) is 12.2 Å². The average molecular weight is 388 g/mol. The van der Waals surface area contributed by atoms with E-state index in [4.69, 9.17) is 4.99 Å². The monoisotopic (exact) mass is 388 g/mol. The predicted octanol–water partition coefficient (Wildman–Crippen LogP) is 0.696. The minimum atomic E-state index is -0.360. The molecule has 1 aliphatic rings. The molecule has 2 aromatic heterocycles. The van der Waals surface area contributed by atoms with Gasteiger partial charge in [0.2, 0.25) is 0 Å². The fraction of sp³-hybridized carbons (Fsp3) is 0.611. The lowest BCUT2D eigenvalue weighted by atomic mass is 9.93. The van der Waals surface area contributed by atoms with E-state index in [1.165, 1.54) is 11.8 Å². The van der Waals surface area contributed by atoms with E-state index in [0.29, 0.717) is 24.2 Å². The van der Waals surface area contributed by atoms with Crippen LogP contribution in [0.4, 0.5) is 0 Å². The summed E-state index contributed by atoms with van der Waals surface area (Å²) in [7, 11) is 1.35. The number of imidazole rings is 1. The Hall–Kier alpha value is -2.91. The number of hydrogen-bond acceptors (Lipinski definition) is 6. The minimum Gasteiger partial charge on any atom is -0.468 e. The Morgan fingerprint density at radius 1 is 1.46 bits per heavy atom. The maximum atomic E-state index is 11.3. The van der Waals surface area contributed by atoms with Gasteiger partial charge in [-0.3, -0.25) is 4.79 Å². The Bertz CT molecular complexity index is 785. The molecule has 10 heteroatoms. The highest BCUT2D eigenvalue weighted by Gasteiger charge is 2.28. The third-order valence-electron chi connectivity index (χ3n) is 4.96. The van der Waals surface area contributed by atoms with E-state index in [1.54, 1.807) is 6.20 Å². The molecule has 0 radical (unpaired) electrons. The van der Waals surface area contributed by atoms with Crippen molar-refractivity contribution in [2.24, 2.45) is 10.9 Å². The summed E-state index contributed by atoms with van der Waals surface area (Å²) in [5, 5.41) is 11.4. The van der Waals surface area contributed by atoms with Crippen molar-refractivity contribution in [2.75, 3.05) is 26.7 Å². The summed E-state index contributed by atoms with van der Waals surface area (Å²) in [4.78, 5) is 22.6. The van der Waals surface area contributed by atoms with Crippen molar-refractivity contribution in [1.82, 2.24) is 34.8 Å². The van der Waals surface area contributed by atoms with Crippen LogP contribution < -0.4 is 5.32 Å². The van der Waals surface area contributed by atoms with Crippen molar-refractivity contribution in [3.05, 3.63) is 30.6 Å². The average Bonchev–Trinajstić information content (AvgIpc) is 3.38. The number of esters is 1. The van der Waals surface area contributed by atoms with Crippen molar-refractivity contribution < 1.29 is 9.53 Å². The molecule has 3 rings (SSSR count). The summed E-state index contributed by atoms with van der Waals surface area (Å²) >= 11 is 0. The Balaban J connectivity index is 1.67. The molecule has 1 fully saturated rings. The van der Waals surface area contributed by atoms with Crippen molar-refractivity contribution in [3.8, 4) is 0 Å². The first-order chi connectivity index (χ1) is 13.6. The van der Waals surface area contributed by atoms with Crippen molar-refractivity contribution >= 4 is 11.9 Å². The second-order valence-electron chi connectivity index (χ2n) is 6.94. The number of aromatic nitrogens is 5. The van der Waals surface area contributed by atoms with Gasteiger partial charge in [0.05, 0.1) is 32.2 Å². The molecule has 0 aliphatic carbocycles. The van der Waals surface area contributed by atoms with Crippen LogP contribution in [-0.4, -0.2) is 68.1 Å². The number of nitrogens with one attached hydrogen (secondary N) is 1. The number of carbonyl (C=O) groups excluding carboxylic acids is 1. The van der Waals surface area contributed by atoms with Crippen molar-refractivity contribution in [2.45, 2.75) is 39.4 Å². The number of methoxy groups -OCH3 is 1. The molecule has 1 aliphatic heterocycles. The quantitative estimate of drug-likeness (QED) is 0.441. The molecule has 10 nitrogen and oxygen atoms in total. The van der Waals surface area contributed by atoms with Gasteiger partial charge in [0.15, 0.2) is 5.96 Å². The highest BCUT2D eigenvalue weighted by Crippen LogP contribution is 2.27. The minimum absolute atomic E-state index is 0.0455. The molecule has 2 unspecified atom stereocenters. The van der Waals surface area contributed by atoms with Gasteiger partial charge in [-0.2, -0.15) is 0 Å². The van der Waals surface area contributed by atoms with Gasteiger partial charge in [-0.25, -0.2) is 14.7 Å². The molecule has 0 spiro atoms. The Kier molecular flexibility index (Phi) is 6.62. The molecular weight excluding hydrogens is 360 g/mol. The lowest BCUT2D eigenvalue weighted by Gasteiger charge is -2.39. The van der Waals surface area contributed by atoms with E-state index >= 15 is 0 Å². The normalized spacial score (nSPS) is 20.2. The van der Waals surface area contributed by atoms with Gasteiger partial charge in [0.25, 0.3) is 0 Å². The molecule has 152 valence electrons. The summed E-state index contributed by atoms with van der Waals surface area (Å²) in [6, 6.07) is 0.362. The first-order valence-electron chi connectivity index (χ1n) is 9.57. The Labute approximate surface area is 164 Å². The molecule has 0 amide bonds. The number of likely N-dealkylation sites (tertiary alicyclic amines) is 1. The van der Waals surface area contributed by atoms with Crippen LogP contribution in [0.25, 0.3) is 0 Å². The molecular formula is C18H28N8O2. The second-order valence-corrected chi connectivity index (χ2v) is 6.94. The highest BCUT2D eigenvalue weighted by atomic mass is 16.5. The van der Waals surface area contributed by atoms with E-state index in [9.17, 15) is 4.79 Å².